The maximum Gasteiger partial charge on any atom is 0.338 e. The SMILES string of the molecule is COC(=O)c1cccc(NC(=O)C2CCCN(Cc3ccc(Cl)cc3Cl)C2)c1C. The second-order valence-electron chi connectivity index (χ2n) is 7.27. The molecule has 1 amide bonds. The molecule has 0 bridgehead atoms. The van der Waals surface area contributed by atoms with E-state index >= 15 is 0 Å². The van der Waals surface area contributed by atoms with Gasteiger partial charge in [-0.3, -0.25) is 9.69 Å². The van der Waals surface area contributed by atoms with Crippen LogP contribution in [-0.2, 0) is 16.1 Å². The van der Waals surface area contributed by atoms with Crippen molar-refractivity contribution in [2.24, 2.45) is 5.92 Å². The Bertz CT molecular complexity index is 917. The summed E-state index contributed by atoms with van der Waals surface area (Å²) in [4.78, 5) is 27.0. The molecule has 1 fully saturated rings. The minimum atomic E-state index is -0.415. The lowest BCUT2D eigenvalue weighted by atomic mass is 9.96. The number of carbonyl (C=O) groups is 2. The minimum Gasteiger partial charge on any atom is -0.465 e. The molecule has 0 saturated carbocycles. The number of ether oxygens (including phenoxy) is 1. The fourth-order valence-electron chi connectivity index (χ4n) is 3.64. The van der Waals surface area contributed by atoms with Gasteiger partial charge in [0.15, 0.2) is 0 Å². The van der Waals surface area contributed by atoms with E-state index in [0.29, 0.717) is 39.9 Å². The standard InChI is InChI=1S/C22H24Cl2N2O3/c1-14-18(22(28)29-2)6-3-7-20(14)25-21(27)16-5-4-10-26(13-16)12-15-8-9-17(23)11-19(15)24/h3,6-9,11,16H,4-5,10,12-13H2,1-2H3,(H,25,27). The van der Waals surface area contributed by atoms with E-state index in [1.807, 2.05) is 12.1 Å². The summed E-state index contributed by atoms with van der Waals surface area (Å²) >= 11 is 12.3. The molecule has 1 atom stereocenters. The van der Waals surface area contributed by atoms with E-state index in [9.17, 15) is 9.59 Å². The van der Waals surface area contributed by atoms with E-state index in [0.717, 1.165) is 24.9 Å². The molecule has 1 heterocycles. The van der Waals surface area contributed by atoms with Crippen LogP contribution >= 0.6 is 23.2 Å². The van der Waals surface area contributed by atoms with Gasteiger partial charge in [-0.2, -0.15) is 0 Å². The van der Waals surface area contributed by atoms with E-state index in [2.05, 4.69) is 10.2 Å². The summed E-state index contributed by atoms with van der Waals surface area (Å²) in [5.74, 6) is -0.583. The molecule has 0 aliphatic carbocycles. The van der Waals surface area contributed by atoms with Crippen LogP contribution in [0.5, 0.6) is 0 Å². The van der Waals surface area contributed by atoms with Gasteiger partial charge in [-0.1, -0.05) is 35.3 Å². The van der Waals surface area contributed by atoms with Crippen molar-refractivity contribution in [1.82, 2.24) is 4.90 Å². The number of amides is 1. The molecule has 1 saturated heterocycles. The van der Waals surface area contributed by atoms with Crippen LogP contribution in [0.3, 0.4) is 0 Å². The first-order chi connectivity index (χ1) is 13.9. The number of methoxy groups -OCH3 is 1. The van der Waals surface area contributed by atoms with Crippen LogP contribution in [0.4, 0.5) is 5.69 Å². The van der Waals surface area contributed by atoms with Crippen LogP contribution in [0, 0.1) is 12.8 Å². The fourth-order valence-corrected chi connectivity index (χ4v) is 4.11. The molecule has 1 aliphatic heterocycles. The topological polar surface area (TPSA) is 58.6 Å². The van der Waals surface area contributed by atoms with Gasteiger partial charge >= 0.3 is 5.97 Å². The van der Waals surface area contributed by atoms with Gasteiger partial charge in [-0.25, -0.2) is 4.79 Å². The molecule has 29 heavy (non-hydrogen) atoms. The lowest BCUT2D eigenvalue weighted by Crippen LogP contribution is -2.40. The van der Waals surface area contributed by atoms with Gasteiger partial charge in [0.2, 0.25) is 5.91 Å². The van der Waals surface area contributed by atoms with E-state index < -0.39 is 5.97 Å². The molecular formula is C22H24Cl2N2O3. The molecule has 1 aliphatic rings. The van der Waals surface area contributed by atoms with Crippen LogP contribution in [0.15, 0.2) is 36.4 Å². The van der Waals surface area contributed by atoms with Crippen molar-refractivity contribution in [1.29, 1.82) is 0 Å². The van der Waals surface area contributed by atoms with Crippen molar-refractivity contribution in [2.45, 2.75) is 26.3 Å². The largest absolute Gasteiger partial charge is 0.465 e. The predicted octanol–water partition coefficient (Wildman–Crippen LogP) is 4.94. The molecule has 2 aromatic rings. The van der Waals surface area contributed by atoms with Gasteiger partial charge in [0.25, 0.3) is 0 Å². The minimum absolute atomic E-state index is 0.0398. The normalized spacial score (nSPS) is 17.0. The third kappa shape index (κ3) is 5.30. The van der Waals surface area contributed by atoms with Crippen LogP contribution in [0.2, 0.25) is 10.0 Å². The lowest BCUT2D eigenvalue weighted by molar-refractivity contribution is -0.121. The van der Waals surface area contributed by atoms with Crippen LogP contribution in [0.25, 0.3) is 0 Å². The summed E-state index contributed by atoms with van der Waals surface area (Å²) in [5, 5.41) is 4.23. The molecule has 0 aromatic heterocycles. The lowest BCUT2D eigenvalue weighted by Gasteiger charge is -2.32. The molecule has 0 radical (unpaired) electrons. The van der Waals surface area contributed by atoms with Gasteiger partial charge in [-0.05, 0) is 61.7 Å². The monoisotopic (exact) mass is 434 g/mol. The first-order valence-corrected chi connectivity index (χ1v) is 10.3. The Labute approximate surface area is 180 Å². The maximum absolute atomic E-state index is 12.9. The number of likely N-dealkylation sites (tertiary alicyclic amines) is 1. The summed E-state index contributed by atoms with van der Waals surface area (Å²) < 4.78 is 4.80. The molecule has 1 N–H and O–H groups in total. The summed E-state index contributed by atoms with van der Waals surface area (Å²) in [6.07, 6.45) is 1.76. The fraction of sp³-hybridized carbons (Fsp3) is 0.364. The van der Waals surface area contributed by atoms with Crippen molar-refractivity contribution in [3.05, 3.63) is 63.1 Å². The Morgan fingerprint density at radius 3 is 2.76 bits per heavy atom. The Hall–Kier alpha value is -2.08. The van der Waals surface area contributed by atoms with E-state index in [1.54, 1.807) is 31.2 Å². The highest BCUT2D eigenvalue weighted by Gasteiger charge is 2.27. The van der Waals surface area contributed by atoms with E-state index in [-0.39, 0.29) is 11.8 Å². The molecule has 0 spiro atoms. The number of rotatable bonds is 5. The van der Waals surface area contributed by atoms with E-state index in [4.69, 9.17) is 27.9 Å². The highest BCUT2D eigenvalue weighted by molar-refractivity contribution is 6.35. The van der Waals surface area contributed by atoms with Crippen molar-refractivity contribution in [3.8, 4) is 0 Å². The average molecular weight is 435 g/mol. The number of hydrogen-bond acceptors (Lipinski definition) is 4. The van der Waals surface area contributed by atoms with Gasteiger partial charge in [0, 0.05) is 28.8 Å². The number of hydrogen-bond donors (Lipinski definition) is 1. The van der Waals surface area contributed by atoms with Crippen LogP contribution in [0.1, 0.15) is 34.3 Å². The second-order valence-corrected chi connectivity index (χ2v) is 8.11. The highest BCUT2D eigenvalue weighted by atomic mass is 35.5. The summed E-state index contributed by atoms with van der Waals surface area (Å²) in [7, 11) is 1.34. The third-order valence-corrected chi connectivity index (χ3v) is 5.87. The van der Waals surface area contributed by atoms with Gasteiger partial charge in [0.05, 0.1) is 18.6 Å². The number of halogens is 2. The van der Waals surface area contributed by atoms with Crippen molar-refractivity contribution >= 4 is 40.8 Å². The molecule has 5 nitrogen and oxygen atoms in total. The number of piperidine rings is 1. The Morgan fingerprint density at radius 2 is 2.03 bits per heavy atom. The number of esters is 1. The summed E-state index contributed by atoms with van der Waals surface area (Å²) in [6, 6.07) is 10.7. The van der Waals surface area contributed by atoms with Crippen LogP contribution in [-0.4, -0.2) is 37.0 Å². The number of anilines is 1. The maximum atomic E-state index is 12.9. The van der Waals surface area contributed by atoms with Crippen molar-refractivity contribution in [3.63, 3.8) is 0 Å². The Balaban J connectivity index is 1.66. The number of nitrogens with one attached hydrogen (secondary N) is 1. The summed E-state index contributed by atoms with van der Waals surface area (Å²) in [5.41, 5.74) is 2.79. The number of benzene rings is 2. The quantitative estimate of drug-likeness (QED) is 0.676. The first-order valence-electron chi connectivity index (χ1n) is 9.54. The number of carbonyl (C=O) groups excluding carboxylic acids is 2. The van der Waals surface area contributed by atoms with Gasteiger partial charge < -0.3 is 10.1 Å². The summed E-state index contributed by atoms with van der Waals surface area (Å²) in [6.45, 7) is 4.05. The number of nitrogens with zero attached hydrogens (tertiary/aromatic N) is 1. The first kappa shape index (κ1) is 21.6. The predicted molar refractivity (Wildman–Crippen MR) is 116 cm³/mol. The smallest absolute Gasteiger partial charge is 0.338 e. The van der Waals surface area contributed by atoms with Crippen molar-refractivity contribution in [2.75, 3.05) is 25.5 Å². The Morgan fingerprint density at radius 1 is 1.24 bits per heavy atom. The third-order valence-electron chi connectivity index (χ3n) is 5.28. The van der Waals surface area contributed by atoms with Gasteiger partial charge in [-0.15, -0.1) is 0 Å². The average Bonchev–Trinajstić information content (AvgIpc) is 2.71. The molecule has 1 unspecified atom stereocenters. The second kappa shape index (κ2) is 9.61. The molecule has 3 rings (SSSR count). The van der Waals surface area contributed by atoms with E-state index in [1.165, 1.54) is 7.11 Å². The molecule has 154 valence electrons. The van der Waals surface area contributed by atoms with Crippen LogP contribution < -0.4 is 5.32 Å². The zero-order chi connectivity index (χ0) is 21.0. The zero-order valence-corrected chi connectivity index (χ0v) is 18.0. The zero-order valence-electron chi connectivity index (χ0n) is 16.5. The highest BCUT2D eigenvalue weighted by Crippen LogP contribution is 2.26. The van der Waals surface area contributed by atoms with Gasteiger partial charge in [0.1, 0.15) is 0 Å². The molecular weight excluding hydrogens is 411 g/mol. The molecule has 2 aromatic carbocycles. The Kier molecular flexibility index (Phi) is 7.17. The molecule has 7 heteroatoms. The van der Waals surface area contributed by atoms with Crippen molar-refractivity contribution < 1.29 is 14.3 Å².